The molecule has 1 heterocycles. The number of sulfonamides is 1. The fourth-order valence-corrected chi connectivity index (χ4v) is 3.52. The molecule has 0 aliphatic carbocycles. The van der Waals surface area contributed by atoms with E-state index in [9.17, 15) is 17.6 Å². The van der Waals surface area contributed by atoms with Gasteiger partial charge in [-0.3, -0.25) is 4.79 Å². The highest BCUT2D eigenvalue weighted by Gasteiger charge is 2.24. The van der Waals surface area contributed by atoms with Gasteiger partial charge in [-0.1, -0.05) is 0 Å². The third-order valence-corrected chi connectivity index (χ3v) is 4.89. The van der Waals surface area contributed by atoms with E-state index in [1.54, 1.807) is 11.8 Å². The van der Waals surface area contributed by atoms with Gasteiger partial charge >= 0.3 is 0 Å². The number of nitrogens with two attached hydrogens (primary N) is 1. The van der Waals surface area contributed by atoms with Crippen LogP contribution in [-0.4, -0.2) is 38.4 Å². The number of halogens is 1. The third kappa shape index (κ3) is 3.70. The summed E-state index contributed by atoms with van der Waals surface area (Å²) in [6.45, 7) is 2.60. The summed E-state index contributed by atoms with van der Waals surface area (Å²) in [6.07, 6.45) is 1.30. The maximum absolute atomic E-state index is 13.4. The zero-order valence-corrected chi connectivity index (χ0v) is 12.5. The lowest BCUT2D eigenvalue weighted by molar-refractivity contribution is -0.127. The molecule has 8 heteroatoms. The summed E-state index contributed by atoms with van der Waals surface area (Å²) in [5.41, 5.74) is 5.22. The monoisotopic (exact) mass is 315 g/mol. The Balaban J connectivity index is 2.06. The molecule has 1 amide bonds. The minimum absolute atomic E-state index is 0.0274. The zero-order valence-electron chi connectivity index (χ0n) is 11.7. The maximum atomic E-state index is 13.4. The van der Waals surface area contributed by atoms with Crippen LogP contribution in [0.2, 0.25) is 0 Å². The standard InChI is InChI=1S/C13H18FN3O3S/c1-9(8-17-6-2-3-13(17)18)16-21(19,20)10-4-5-12(15)11(14)7-10/h4-5,7,9,16H,2-3,6,8,15H2,1H3. The number of carbonyl (C=O) groups is 1. The number of likely N-dealkylation sites (tertiary alicyclic amines) is 1. The largest absolute Gasteiger partial charge is 0.396 e. The normalized spacial score (nSPS) is 17.2. The molecule has 116 valence electrons. The maximum Gasteiger partial charge on any atom is 0.240 e. The summed E-state index contributed by atoms with van der Waals surface area (Å²) in [6, 6.07) is 2.87. The van der Waals surface area contributed by atoms with Crippen molar-refractivity contribution in [2.45, 2.75) is 30.7 Å². The van der Waals surface area contributed by atoms with Crippen molar-refractivity contribution in [2.24, 2.45) is 0 Å². The molecule has 1 unspecified atom stereocenters. The Labute approximate surface area is 123 Å². The quantitative estimate of drug-likeness (QED) is 0.782. The van der Waals surface area contributed by atoms with E-state index >= 15 is 0 Å². The molecule has 1 aromatic rings. The molecule has 1 aromatic carbocycles. The average Bonchev–Trinajstić information content (AvgIpc) is 2.77. The van der Waals surface area contributed by atoms with Crippen LogP contribution in [0.3, 0.4) is 0 Å². The fourth-order valence-electron chi connectivity index (χ4n) is 2.27. The average molecular weight is 315 g/mol. The van der Waals surface area contributed by atoms with Gasteiger partial charge in [-0.15, -0.1) is 0 Å². The van der Waals surface area contributed by atoms with E-state index in [0.717, 1.165) is 12.5 Å². The molecule has 3 N–H and O–H groups in total. The molecular weight excluding hydrogens is 297 g/mol. The molecule has 1 aliphatic heterocycles. The zero-order chi connectivity index (χ0) is 15.6. The Morgan fingerprint density at radius 1 is 1.48 bits per heavy atom. The second-order valence-electron chi connectivity index (χ2n) is 5.15. The van der Waals surface area contributed by atoms with E-state index in [4.69, 9.17) is 5.73 Å². The number of nitrogens with one attached hydrogen (secondary N) is 1. The van der Waals surface area contributed by atoms with Gasteiger partial charge in [0.05, 0.1) is 10.6 Å². The van der Waals surface area contributed by atoms with Crippen LogP contribution in [0, 0.1) is 5.82 Å². The summed E-state index contributed by atoms with van der Waals surface area (Å²) >= 11 is 0. The van der Waals surface area contributed by atoms with Gasteiger partial charge in [-0.2, -0.15) is 0 Å². The number of carbonyl (C=O) groups excluding carboxylic acids is 1. The lowest BCUT2D eigenvalue weighted by Gasteiger charge is -2.21. The van der Waals surface area contributed by atoms with Crippen molar-refractivity contribution in [1.82, 2.24) is 9.62 Å². The van der Waals surface area contributed by atoms with Crippen LogP contribution in [0.15, 0.2) is 23.1 Å². The van der Waals surface area contributed by atoms with Crippen molar-refractivity contribution < 1.29 is 17.6 Å². The fraction of sp³-hybridized carbons (Fsp3) is 0.462. The van der Waals surface area contributed by atoms with Crippen LogP contribution in [-0.2, 0) is 14.8 Å². The van der Waals surface area contributed by atoms with Gasteiger partial charge in [0.25, 0.3) is 0 Å². The predicted molar refractivity (Wildman–Crippen MR) is 76.4 cm³/mol. The minimum Gasteiger partial charge on any atom is -0.396 e. The Morgan fingerprint density at radius 3 is 2.76 bits per heavy atom. The Hall–Kier alpha value is -1.67. The highest BCUT2D eigenvalue weighted by atomic mass is 32.2. The van der Waals surface area contributed by atoms with Crippen molar-refractivity contribution in [2.75, 3.05) is 18.8 Å². The molecule has 2 rings (SSSR count). The highest BCUT2D eigenvalue weighted by molar-refractivity contribution is 7.89. The lowest BCUT2D eigenvalue weighted by Crippen LogP contribution is -2.42. The van der Waals surface area contributed by atoms with Crippen molar-refractivity contribution in [1.29, 1.82) is 0 Å². The molecule has 21 heavy (non-hydrogen) atoms. The summed E-state index contributed by atoms with van der Waals surface area (Å²) in [5, 5.41) is 0. The topological polar surface area (TPSA) is 92.5 Å². The van der Waals surface area contributed by atoms with E-state index in [2.05, 4.69) is 4.72 Å². The molecular formula is C13H18FN3O3S. The van der Waals surface area contributed by atoms with E-state index in [-0.39, 0.29) is 16.5 Å². The lowest BCUT2D eigenvalue weighted by atomic mass is 10.3. The number of benzene rings is 1. The molecule has 1 saturated heterocycles. The van der Waals surface area contributed by atoms with E-state index < -0.39 is 21.9 Å². The van der Waals surface area contributed by atoms with Crippen LogP contribution in [0.25, 0.3) is 0 Å². The van der Waals surface area contributed by atoms with Gasteiger partial charge in [0.15, 0.2) is 0 Å². The minimum atomic E-state index is -3.84. The van der Waals surface area contributed by atoms with Crippen LogP contribution >= 0.6 is 0 Å². The van der Waals surface area contributed by atoms with Gasteiger partial charge < -0.3 is 10.6 Å². The van der Waals surface area contributed by atoms with Gasteiger partial charge in [0.2, 0.25) is 15.9 Å². The third-order valence-electron chi connectivity index (χ3n) is 3.30. The number of nitrogens with zero attached hydrogens (tertiary/aromatic N) is 1. The molecule has 0 bridgehead atoms. The second kappa shape index (κ2) is 5.98. The first-order valence-corrected chi connectivity index (χ1v) is 8.13. The Bertz CT molecular complexity index is 648. The number of rotatable bonds is 5. The van der Waals surface area contributed by atoms with Crippen LogP contribution in [0.1, 0.15) is 19.8 Å². The van der Waals surface area contributed by atoms with Crippen molar-refractivity contribution in [3.8, 4) is 0 Å². The van der Waals surface area contributed by atoms with Gasteiger partial charge in [-0.05, 0) is 31.5 Å². The van der Waals surface area contributed by atoms with E-state index in [0.29, 0.717) is 19.5 Å². The summed E-state index contributed by atoms with van der Waals surface area (Å²) < 4.78 is 40.1. The molecule has 1 fully saturated rings. The molecule has 0 saturated carbocycles. The first-order chi connectivity index (χ1) is 9.79. The van der Waals surface area contributed by atoms with Crippen molar-refractivity contribution >= 4 is 21.6 Å². The highest BCUT2D eigenvalue weighted by Crippen LogP contribution is 2.17. The molecule has 1 aliphatic rings. The first kappa shape index (κ1) is 15.7. The number of nitrogen functional groups attached to an aromatic ring is 1. The van der Waals surface area contributed by atoms with Crippen molar-refractivity contribution in [3.63, 3.8) is 0 Å². The summed E-state index contributed by atoms with van der Waals surface area (Å²) in [7, 11) is -3.84. The Kier molecular flexibility index (Phi) is 4.48. The van der Waals surface area contributed by atoms with E-state index in [1.165, 1.54) is 12.1 Å². The SMILES string of the molecule is CC(CN1CCCC1=O)NS(=O)(=O)c1ccc(N)c(F)c1. The summed E-state index contributed by atoms with van der Waals surface area (Å²) in [4.78, 5) is 12.9. The molecule has 0 aromatic heterocycles. The number of hydrogen-bond acceptors (Lipinski definition) is 4. The molecule has 0 radical (unpaired) electrons. The smallest absolute Gasteiger partial charge is 0.240 e. The number of anilines is 1. The van der Waals surface area contributed by atoms with Crippen LogP contribution < -0.4 is 10.5 Å². The number of amides is 1. The van der Waals surface area contributed by atoms with Crippen molar-refractivity contribution in [3.05, 3.63) is 24.0 Å². The van der Waals surface area contributed by atoms with Crippen LogP contribution in [0.4, 0.5) is 10.1 Å². The van der Waals surface area contributed by atoms with E-state index in [1.807, 2.05) is 0 Å². The second-order valence-corrected chi connectivity index (χ2v) is 6.86. The number of hydrogen-bond donors (Lipinski definition) is 2. The molecule has 1 atom stereocenters. The predicted octanol–water partition coefficient (Wildman–Crippen LogP) is 0.697. The first-order valence-electron chi connectivity index (χ1n) is 6.65. The Morgan fingerprint density at radius 2 is 2.19 bits per heavy atom. The summed E-state index contributed by atoms with van der Waals surface area (Å²) in [5.74, 6) is -0.750. The molecule has 6 nitrogen and oxygen atoms in total. The van der Waals surface area contributed by atoms with Crippen LogP contribution in [0.5, 0.6) is 0 Å². The van der Waals surface area contributed by atoms with Gasteiger partial charge in [0, 0.05) is 25.6 Å². The van der Waals surface area contributed by atoms with Gasteiger partial charge in [0.1, 0.15) is 5.82 Å². The molecule has 0 spiro atoms. The van der Waals surface area contributed by atoms with Gasteiger partial charge in [-0.25, -0.2) is 17.5 Å².